The fraction of sp³-hybridized carbons (Fsp3) is 0.500. The van der Waals surface area contributed by atoms with E-state index in [4.69, 9.17) is 9.47 Å². The third-order valence-electron chi connectivity index (χ3n) is 2.75. The van der Waals surface area contributed by atoms with Crippen LogP contribution in [0.3, 0.4) is 0 Å². The maximum absolute atomic E-state index is 11.5. The van der Waals surface area contributed by atoms with E-state index in [-0.39, 0.29) is 17.8 Å². The zero-order valence-corrected chi connectivity index (χ0v) is 9.47. The Hall–Kier alpha value is -1.58. The Morgan fingerprint density at radius 1 is 1.62 bits per heavy atom. The number of methoxy groups -OCH3 is 1. The molecule has 0 spiro atoms. The molecule has 86 valence electrons. The van der Waals surface area contributed by atoms with Crippen molar-refractivity contribution in [1.82, 2.24) is 4.98 Å². The topological polar surface area (TPSA) is 48.4 Å². The van der Waals surface area contributed by atoms with Crippen molar-refractivity contribution in [2.45, 2.75) is 19.3 Å². The number of nitrogens with zero attached hydrogens (tertiary/aromatic N) is 1. The quantitative estimate of drug-likeness (QED) is 0.727. The minimum atomic E-state index is -0.114. The van der Waals surface area contributed by atoms with Crippen LogP contribution in [0.2, 0.25) is 0 Å². The number of carbonyl (C=O) groups excluding carboxylic acids is 1. The first-order valence-corrected chi connectivity index (χ1v) is 5.42. The summed E-state index contributed by atoms with van der Waals surface area (Å²) in [5.74, 6) is 0.852. The first-order valence-electron chi connectivity index (χ1n) is 5.42. The molecule has 1 aromatic rings. The van der Waals surface area contributed by atoms with E-state index in [1.165, 1.54) is 0 Å². The number of rotatable bonds is 4. The maximum atomic E-state index is 11.5. The Labute approximate surface area is 94.6 Å². The van der Waals surface area contributed by atoms with Crippen LogP contribution in [0.1, 0.15) is 25.0 Å². The molecule has 1 aromatic heterocycles. The molecular weight excluding hydrogens is 206 g/mol. The van der Waals surface area contributed by atoms with Gasteiger partial charge in [0.25, 0.3) is 0 Å². The molecule has 1 heterocycles. The van der Waals surface area contributed by atoms with E-state index < -0.39 is 0 Å². The van der Waals surface area contributed by atoms with Crippen LogP contribution in [0.15, 0.2) is 18.3 Å². The van der Waals surface area contributed by atoms with E-state index >= 15 is 0 Å². The molecule has 1 saturated carbocycles. The molecule has 1 aliphatic carbocycles. The lowest BCUT2D eigenvalue weighted by atomic mass is 10.2. The first kappa shape index (κ1) is 10.9. The lowest BCUT2D eigenvalue weighted by Gasteiger charge is -2.03. The second-order valence-corrected chi connectivity index (χ2v) is 3.82. The fourth-order valence-electron chi connectivity index (χ4n) is 1.79. The molecule has 2 atom stereocenters. The van der Waals surface area contributed by atoms with Crippen LogP contribution in [-0.2, 0) is 9.53 Å². The van der Waals surface area contributed by atoms with Crippen LogP contribution in [0.25, 0.3) is 0 Å². The molecule has 1 fully saturated rings. The molecule has 0 amide bonds. The number of pyridine rings is 1. The number of carbonyl (C=O) groups is 1. The zero-order chi connectivity index (χ0) is 11.5. The lowest BCUT2D eigenvalue weighted by molar-refractivity contribution is -0.144. The van der Waals surface area contributed by atoms with E-state index in [0.717, 1.165) is 17.9 Å². The second kappa shape index (κ2) is 4.51. The minimum Gasteiger partial charge on any atom is -0.497 e. The van der Waals surface area contributed by atoms with Crippen molar-refractivity contribution >= 4 is 5.97 Å². The molecule has 0 bridgehead atoms. The van der Waals surface area contributed by atoms with E-state index in [1.54, 1.807) is 19.4 Å². The number of ether oxygens (including phenoxy) is 2. The smallest absolute Gasteiger partial charge is 0.309 e. The average Bonchev–Trinajstić information content (AvgIpc) is 3.09. The van der Waals surface area contributed by atoms with Crippen LogP contribution in [0, 0.1) is 5.92 Å². The van der Waals surface area contributed by atoms with E-state index in [0.29, 0.717) is 6.61 Å². The Morgan fingerprint density at radius 2 is 2.44 bits per heavy atom. The van der Waals surface area contributed by atoms with Gasteiger partial charge in [0.1, 0.15) is 5.75 Å². The summed E-state index contributed by atoms with van der Waals surface area (Å²) >= 11 is 0. The Bertz CT molecular complexity index is 392. The Morgan fingerprint density at radius 3 is 3.12 bits per heavy atom. The molecule has 4 heteroatoms. The van der Waals surface area contributed by atoms with Crippen molar-refractivity contribution in [1.29, 1.82) is 0 Å². The summed E-state index contributed by atoms with van der Waals surface area (Å²) in [6.07, 6.45) is 2.54. The van der Waals surface area contributed by atoms with Gasteiger partial charge in [0.15, 0.2) is 0 Å². The van der Waals surface area contributed by atoms with E-state index in [9.17, 15) is 4.79 Å². The van der Waals surface area contributed by atoms with Gasteiger partial charge in [-0.2, -0.15) is 0 Å². The van der Waals surface area contributed by atoms with Gasteiger partial charge in [0.05, 0.1) is 19.6 Å². The maximum Gasteiger partial charge on any atom is 0.309 e. The number of hydrogen-bond donors (Lipinski definition) is 0. The largest absolute Gasteiger partial charge is 0.497 e. The minimum absolute atomic E-state index is 0.0143. The molecule has 0 saturated heterocycles. The third-order valence-corrected chi connectivity index (χ3v) is 2.75. The van der Waals surface area contributed by atoms with Crippen LogP contribution in [0.5, 0.6) is 5.75 Å². The molecule has 0 radical (unpaired) electrons. The highest BCUT2D eigenvalue weighted by Crippen LogP contribution is 2.47. The Kier molecular flexibility index (Phi) is 3.08. The van der Waals surface area contributed by atoms with Crippen molar-refractivity contribution in [2.75, 3.05) is 13.7 Å². The van der Waals surface area contributed by atoms with Gasteiger partial charge in [-0.15, -0.1) is 0 Å². The third kappa shape index (κ3) is 2.15. The van der Waals surface area contributed by atoms with Gasteiger partial charge in [0, 0.05) is 23.9 Å². The number of hydrogen-bond acceptors (Lipinski definition) is 4. The average molecular weight is 221 g/mol. The van der Waals surface area contributed by atoms with Crippen LogP contribution in [0.4, 0.5) is 0 Å². The van der Waals surface area contributed by atoms with Crippen molar-refractivity contribution < 1.29 is 14.3 Å². The summed E-state index contributed by atoms with van der Waals surface area (Å²) in [6, 6.07) is 3.68. The molecule has 4 nitrogen and oxygen atoms in total. The van der Waals surface area contributed by atoms with E-state index in [1.807, 2.05) is 13.0 Å². The van der Waals surface area contributed by atoms with Crippen LogP contribution in [-0.4, -0.2) is 24.7 Å². The van der Waals surface area contributed by atoms with Crippen molar-refractivity contribution in [3.8, 4) is 5.75 Å². The molecule has 16 heavy (non-hydrogen) atoms. The molecule has 0 aromatic carbocycles. The molecule has 0 unspecified atom stereocenters. The monoisotopic (exact) mass is 221 g/mol. The summed E-state index contributed by atoms with van der Waals surface area (Å²) in [6.45, 7) is 2.26. The molecule has 2 rings (SSSR count). The summed E-state index contributed by atoms with van der Waals surface area (Å²) in [7, 11) is 1.62. The molecule has 0 aliphatic heterocycles. The highest BCUT2D eigenvalue weighted by atomic mass is 16.5. The number of esters is 1. The van der Waals surface area contributed by atoms with Crippen LogP contribution < -0.4 is 4.74 Å². The van der Waals surface area contributed by atoms with Crippen LogP contribution >= 0.6 is 0 Å². The first-order chi connectivity index (χ1) is 7.76. The van der Waals surface area contributed by atoms with Crippen molar-refractivity contribution in [3.63, 3.8) is 0 Å². The van der Waals surface area contributed by atoms with E-state index in [2.05, 4.69) is 4.98 Å². The second-order valence-electron chi connectivity index (χ2n) is 3.82. The summed E-state index contributed by atoms with van der Waals surface area (Å²) in [4.78, 5) is 15.7. The highest BCUT2D eigenvalue weighted by Gasteiger charge is 2.46. The van der Waals surface area contributed by atoms with Gasteiger partial charge < -0.3 is 9.47 Å². The molecule has 0 N–H and O–H groups in total. The van der Waals surface area contributed by atoms with Gasteiger partial charge in [-0.05, 0) is 19.4 Å². The van der Waals surface area contributed by atoms with Gasteiger partial charge in [-0.3, -0.25) is 9.78 Å². The molecule has 1 aliphatic rings. The predicted molar refractivity (Wildman–Crippen MR) is 58.3 cm³/mol. The SMILES string of the molecule is CCOC(=O)[C@H]1C[C@@H]1c1cc(OC)ccn1. The number of aromatic nitrogens is 1. The predicted octanol–water partition coefficient (Wildman–Crippen LogP) is 1.76. The Balaban J connectivity index is 2.02. The summed E-state index contributed by atoms with van der Waals surface area (Å²) in [5, 5.41) is 0. The van der Waals surface area contributed by atoms with Gasteiger partial charge in [-0.25, -0.2) is 0 Å². The normalized spacial score (nSPS) is 22.6. The summed E-state index contributed by atoms with van der Waals surface area (Å²) < 4.78 is 10.1. The zero-order valence-electron chi connectivity index (χ0n) is 9.47. The lowest BCUT2D eigenvalue weighted by Crippen LogP contribution is -2.07. The van der Waals surface area contributed by atoms with Crippen molar-refractivity contribution in [2.24, 2.45) is 5.92 Å². The standard InChI is InChI=1S/C12H15NO3/c1-3-16-12(14)10-7-9(10)11-6-8(15-2)4-5-13-11/h4-6,9-10H,3,7H2,1-2H3/t9-,10-/m0/s1. The van der Waals surface area contributed by atoms with Crippen molar-refractivity contribution in [3.05, 3.63) is 24.0 Å². The highest BCUT2D eigenvalue weighted by molar-refractivity contribution is 5.77. The summed E-state index contributed by atoms with van der Waals surface area (Å²) in [5.41, 5.74) is 0.914. The van der Waals surface area contributed by atoms with Gasteiger partial charge in [0.2, 0.25) is 0 Å². The van der Waals surface area contributed by atoms with Gasteiger partial charge in [-0.1, -0.05) is 0 Å². The van der Waals surface area contributed by atoms with Gasteiger partial charge >= 0.3 is 5.97 Å². The molecular formula is C12H15NO3. The fourth-order valence-corrected chi connectivity index (χ4v) is 1.79.